The summed E-state index contributed by atoms with van der Waals surface area (Å²) in [4.78, 5) is 27.6. The van der Waals surface area contributed by atoms with Gasteiger partial charge in [-0.3, -0.25) is 9.59 Å². The van der Waals surface area contributed by atoms with Crippen LogP contribution in [-0.2, 0) is 16.1 Å². The average Bonchev–Trinajstić information content (AvgIpc) is 3.32. The molecule has 2 aromatic rings. The minimum absolute atomic E-state index is 0.0649. The zero-order valence-electron chi connectivity index (χ0n) is 17.3. The van der Waals surface area contributed by atoms with Crippen LogP contribution in [0.5, 0.6) is 0 Å². The van der Waals surface area contributed by atoms with E-state index in [1.54, 1.807) is 37.3 Å². The second-order valence-electron chi connectivity index (χ2n) is 8.01. The van der Waals surface area contributed by atoms with Gasteiger partial charge in [0.1, 0.15) is 17.7 Å². The van der Waals surface area contributed by atoms with Crippen LogP contribution in [0.15, 0.2) is 34.9 Å². The van der Waals surface area contributed by atoms with Crippen LogP contribution in [0.2, 0.25) is 0 Å². The van der Waals surface area contributed by atoms with E-state index < -0.39 is 18.1 Å². The van der Waals surface area contributed by atoms with Crippen LogP contribution in [0.4, 0.5) is 0 Å². The van der Waals surface area contributed by atoms with Crippen molar-refractivity contribution in [3.05, 3.63) is 52.9 Å². The number of amides is 2. The Morgan fingerprint density at radius 2 is 2.07 bits per heavy atom. The molecule has 0 saturated carbocycles. The standard InChI is InChI=1S/C22H26N4O4/c1-13(2)20(19-8-14(3)25-30-19)22(29)26-12-17(27)9-18(26)21(28)24-11-16-6-4-15(10-23)5-7-16/h4-8,13,17-18,20,27H,9,11-12H2,1-3H3,(H,24,28)/t17-,18+,20-/m1/s1. The molecule has 3 rings (SSSR count). The molecule has 0 radical (unpaired) electrons. The lowest BCUT2D eigenvalue weighted by Gasteiger charge is -2.28. The minimum atomic E-state index is -0.760. The van der Waals surface area contributed by atoms with Crippen molar-refractivity contribution in [2.45, 2.75) is 51.8 Å². The summed E-state index contributed by atoms with van der Waals surface area (Å²) < 4.78 is 5.33. The largest absolute Gasteiger partial charge is 0.391 e. The highest BCUT2D eigenvalue weighted by atomic mass is 16.5. The molecule has 0 spiro atoms. The number of nitriles is 1. The van der Waals surface area contributed by atoms with Crippen LogP contribution in [0.1, 0.15) is 48.8 Å². The SMILES string of the molecule is Cc1cc([C@H](C(=O)N2C[C@H](O)C[C@H]2C(=O)NCc2ccc(C#N)cc2)C(C)C)on1. The molecule has 158 valence electrons. The van der Waals surface area contributed by atoms with E-state index in [4.69, 9.17) is 9.78 Å². The van der Waals surface area contributed by atoms with Crippen molar-refractivity contribution in [1.29, 1.82) is 5.26 Å². The summed E-state index contributed by atoms with van der Waals surface area (Å²) in [6.45, 7) is 5.98. The van der Waals surface area contributed by atoms with Crippen molar-refractivity contribution in [3.63, 3.8) is 0 Å². The summed E-state index contributed by atoms with van der Waals surface area (Å²) in [5.41, 5.74) is 2.07. The summed E-state index contributed by atoms with van der Waals surface area (Å²) in [6.07, 6.45) is -0.575. The van der Waals surface area contributed by atoms with Crippen molar-refractivity contribution in [2.24, 2.45) is 5.92 Å². The molecule has 1 aromatic carbocycles. The van der Waals surface area contributed by atoms with Crippen molar-refractivity contribution >= 4 is 11.8 Å². The van der Waals surface area contributed by atoms with Gasteiger partial charge in [-0.2, -0.15) is 5.26 Å². The predicted molar refractivity (Wildman–Crippen MR) is 108 cm³/mol. The lowest BCUT2D eigenvalue weighted by molar-refractivity contribution is -0.141. The first-order valence-electron chi connectivity index (χ1n) is 9.98. The summed E-state index contributed by atoms with van der Waals surface area (Å²) in [7, 11) is 0. The number of benzene rings is 1. The Kier molecular flexibility index (Phi) is 6.53. The molecule has 0 aliphatic carbocycles. The lowest BCUT2D eigenvalue weighted by atomic mass is 9.91. The first-order valence-corrected chi connectivity index (χ1v) is 9.98. The second kappa shape index (κ2) is 9.09. The number of likely N-dealkylation sites (tertiary alicyclic amines) is 1. The van der Waals surface area contributed by atoms with Gasteiger partial charge in [0.15, 0.2) is 0 Å². The molecule has 1 saturated heterocycles. The number of carbonyl (C=O) groups is 2. The van der Waals surface area contributed by atoms with Gasteiger partial charge in [-0.05, 0) is 30.5 Å². The van der Waals surface area contributed by atoms with E-state index in [-0.39, 0.29) is 37.2 Å². The highest BCUT2D eigenvalue weighted by Gasteiger charge is 2.43. The maximum absolute atomic E-state index is 13.3. The van der Waals surface area contributed by atoms with Gasteiger partial charge < -0.3 is 19.8 Å². The molecule has 0 bridgehead atoms. The van der Waals surface area contributed by atoms with Crippen molar-refractivity contribution in [2.75, 3.05) is 6.54 Å². The normalized spacial score (nSPS) is 19.5. The molecule has 8 nitrogen and oxygen atoms in total. The Balaban J connectivity index is 1.72. The van der Waals surface area contributed by atoms with Gasteiger partial charge in [0.05, 0.1) is 23.4 Å². The van der Waals surface area contributed by atoms with E-state index >= 15 is 0 Å². The van der Waals surface area contributed by atoms with E-state index in [0.29, 0.717) is 17.0 Å². The van der Waals surface area contributed by atoms with Crippen LogP contribution >= 0.6 is 0 Å². The monoisotopic (exact) mass is 410 g/mol. The quantitative estimate of drug-likeness (QED) is 0.750. The van der Waals surface area contributed by atoms with Crippen molar-refractivity contribution in [3.8, 4) is 6.07 Å². The second-order valence-corrected chi connectivity index (χ2v) is 8.01. The Hall–Kier alpha value is -3.18. The number of hydrogen-bond donors (Lipinski definition) is 2. The Morgan fingerprint density at radius 3 is 2.63 bits per heavy atom. The molecule has 1 fully saturated rings. The third-order valence-corrected chi connectivity index (χ3v) is 5.30. The number of aromatic nitrogens is 1. The number of nitrogens with one attached hydrogen (secondary N) is 1. The van der Waals surface area contributed by atoms with Gasteiger partial charge in [-0.1, -0.05) is 31.1 Å². The van der Waals surface area contributed by atoms with Crippen molar-refractivity contribution < 1.29 is 19.2 Å². The zero-order valence-corrected chi connectivity index (χ0v) is 17.3. The lowest BCUT2D eigenvalue weighted by Crippen LogP contribution is -2.48. The van der Waals surface area contributed by atoms with Gasteiger partial charge in [0.2, 0.25) is 11.8 Å². The maximum atomic E-state index is 13.3. The molecule has 0 unspecified atom stereocenters. The first-order chi connectivity index (χ1) is 14.3. The Morgan fingerprint density at radius 1 is 1.37 bits per heavy atom. The molecule has 8 heteroatoms. The van der Waals surface area contributed by atoms with E-state index in [1.165, 1.54) is 4.90 Å². The Labute approximate surface area is 175 Å². The smallest absolute Gasteiger partial charge is 0.243 e. The third kappa shape index (κ3) is 4.69. The van der Waals surface area contributed by atoms with Gasteiger partial charge in [-0.15, -0.1) is 0 Å². The summed E-state index contributed by atoms with van der Waals surface area (Å²) >= 11 is 0. The predicted octanol–water partition coefficient (Wildman–Crippen LogP) is 1.87. The molecule has 2 N–H and O–H groups in total. The zero-order chi connectivity index (χ0) is 21.8. The van der Waals surface area contributed by atoms with Crippen LogP contribution in [0, 0.1) is 24.2 Å². The number of aliphatic hydroxyl groups excluding tert-OH is 1. The summed E-state index contributed by atoms with van der Waals surface area (Å²) in [6, 6.07) is 9.94. The van der Waals surface area contributed by atoms with Gasteiger partial charge >= 0.3 is 0 Å². The number of nitrogens with zero attached hydrogens (tertiary/aromatic N) is 3. The number of hydrogen-bond acceptors (Lipinski definition) is 6. The molecule has 3 atom stereocenters. The molecule has 1 aliphatic heterocycles. The van der Waals surface area contributed by atoms with Crippen LogP contribution in [0.25, 0.3) is 0 Å². The molecule has 2 amide bonds. The van der Waals surface area contributed by atoms with Crippen LogP contribution in [0.3, 0.4) is 0 Å². The van der Waals surface area contributed by atoms with Gasteiger partial charge in [0.25, 0.3) is 0 Å². The number of β-amino-alcohol motifs (C(OH)–C–C–N with tert-alkyl or cyclic N) is 1. The number of aliphatic hydroxyl groups is 1. The topological polar surface area (TPSA) is 119 Å². The van der Waals surface area contributed by atoms with Crippen LogP contribution < -0.4 is 5.32 Å². The van der Waals surface area contributed by atoms with E-state index in [2.05, 4.69) is 16.5 Å². The maximum Gasteiger partial charge on any atom is 0.243 e. The fraction of sp³-hybridized carbons (Fsp3) is 0.455. The molecule has 1 aliphatic rings. The Bertz CT molecular complexity index is 945. The highest BCUT2D eigenvalue weighted by molar-refractivity contribution is 5.91. The number of carbonyl (C=O) groups excluding carboxylic acids is 2. The highest BCUT2D eigenvalue weighted by Crippen LogP contribution is 2.31. The molecular formula is C22H26N4O4. The molecule has 2 heterocycles. The van der Waals surface area contributed by atoms with Gasteiger partial charge in [-0.25, -0.2) is 0 Å². The third-order valence-electron chi connectivity index (χ3n) is 5.30. The van der Waals surface area contributed by atoms with E-state index in [0.717, 1.165) is 5.56 Å². The fourth-order valence-corrected chi connectivity index (χ4v) is 3.75. The fourth-order valence-electron chi connectivity index (χ4n) is 3.75. The van der Waals surface area contributed by atoms with Crippen molar-refractivity contribution in [1.82, 2.24) is 15.4 Å². The van der Waals surface area contributed by atoms with Gasteiger partial charge in [0, 0.05) is 25.6 Å². The number of rotatable bonds is 6. The molecule has 30 heavy (non-hydrogen) atoms. The minimum Gasteiger partial charge on any atom is -0.391 e. The molecule has 1 aromatic heterocycles. The van der Waals surface area contributed by atoms with E-state index in [1.807, 2.05) is 13.8 Å². The summed E-state index contributed by atoms with van der Waals surface area (Å²) in [5.74, 6) is -0.752. The average molecular weight is 410 g/mol. The first kappa shape index (κ1) is 21.5. The molecular weight excluding hydrogens is 384 g/mol. The van der Waals surface area contributed by atoms with Crippen LogP contribution in [-0.4, -0.2) is 45.7 Å². The van der Waals surface area contributed by atoms with E-state index in [9.17, 15) is 14.7 Å². The number of aryl methyl sites for hydroxylation is 1. The summed E-state index contributed by atoms with van der Waals surface area (Å²) in [5, 5.41) is 25.7.